The standard InChI is InChI=1S/C14H21N3O2S/c1-10-4-6-16-13(17-10)20-12-9-14(18-7-8-19-14)5-3-11(12)15-2/h4,6,11-12,15H,3,5,7-9H2,1-2H3. The van der Waals surface area contributed by atoms with E-state index in [1.54, 1.807) is 11.8 Å². The number of nitrogens with one attached hydrogen (secondary N) is 1. The van der Waals surface area contributed by atoms with Crippen LogP contribution in [0.3, 0.4) is 0 Å². The van der Waals surface area contributed by atoms with Gasteiger partial charge >= 0.3 is 0 Å². The minimum atomic E-state index is -0.366. The summed E-state index contributed by atoms with van der Waals surface area (Å²) in [6.45, 7) is 3.41. The number of nitrogens with zero attached hydrogens (tertiary/aromatic N) is 2. The second kappa shape index (κ2) is 5.97. The third-order valence-electron chi connectivity index (χ3n) is 4.01. The van der Waals surface area contributed by atoms with Gasteiger partial charge in [0.1, 0.15) is 0 Å². The molecule has 3 rings (SSSR count). The third kappa shape index (κ3) is 2.98. The van der Waals surface area contributed by atoms with Crippen LogP contribution in [0.5, 0.6) is 0 Å². The van der Waals surface area contributed by atoms with Crippen molar-refractivity contribution in [2.45, 2.75) is 48.4 Å². The Morgan fingerprint density at radius 1 is 1.40 bits per heavy atom. The van der Waals surface area contributed by atoms with Gasteiger partial charge in [-0.2, -0.15) is 0 Å². The molecule has 6 heteroatoms. The van der Waals surface area contributed by atoms with Crippen molar-refractivity contribution in [2.24, 2.45) is 0 Å². The number of ether oxygens (including phenoxy) is 2. The van der Waals surface area contributed by atoms with Crippen LogP contribution in [0.4, 0.5) is 0 Å². The molecule has 110 valence electrons. The summed E-state index contributed by atoms with van der Waals surface area (Å²) in [6.07, 6.45) is 4.73. The summed E-state index contributed by atoms with van der Waals surface area (Å²) >= 11 is 1.73. The fourth-order valence-corrected chi connectivity index (χ4v) is 4.31. The maximum absolute atomic E-state index is 5.86. The van der Waals surface area contributed by atoms with Crippen molar-refractivity contribution in [3.05, 3.63) is 18.0 Å². The molecule has 0 amide bonds. The molecule has 2 unspecified atom stereocenters. The van der Waals surface area contributed by atoms with Crippen LogP contribution in [-0.2, 0) is 9.47 Å². The molecule has 1 aliphatic carbocycles. The van der Waals surface area contributed by atoms with E-state index < -0.39 is 0 Å². The van der Waals surface area contributed by atoms with Gasteiger partial charge in [0.15, 0.2) is 10.9 Å². The lowest BCUT2D eigenvalue weighted by molar-refractivity contribution is -0.177. The summed E-state index contributed by atoms with van der Waals surface area (Å²) in [6, 6.07) is 2.37. The van der Waals surface area contributed by atoms with E-state index in [1.807, 2.05) is 26.2 Å². The van der Waals surface area contributed by atoms with Crippen LogP contribution in [0.15, 0.2) is 17.4 Å². The van der Waals surface area contributed by atoms with Crippen LogP contribution in [0.2, 0.25) is 0 Å². The van der Waals surface area contributed by atoms with E-state index >= 15 is 0 Å². The monoisotopic (exact) mass is 295 g/mol. The van der Waals surface area contributed by atoms with E-state index in [-0.39, 0.29) is 5.79 Å². The fraction of sp³-hybridized carbons (Fsp3) is 0.714. The van der Waals surface area contributed by atoms with E-state index in [0.717, 1.165) is 30.1 Å². The fourth-order valence-electron chi connectivity index (χ4n) is 2.94. The highest BCUT2D eigenvalue weighted by molar-refractivity contribution is 7.99. The molecule has 5 nitrogen and oxygen atoms in total. The van der Waals surface area contributed by atoms with Gasteiger partial charge in [0.2, 0.25) is 0 Å². The van der Waals surface area contributed by atoms with Gasteiger partial charge in [0.05, 0.1) is 13.2 Å². The number of hydrogen-bond acceptors (Lipinski definition) is 6. The first-order chi connectivity index (χ1) is 9.71. The van der Waals surface area contributed by atoms with Gasteiger partial charge in [-0.1, -0.05) is 11.8 Å². The zero-order valence-electron chi connectivity index (χ0n) is 12.0. The molecule has 0 bridgehead atoms. The van der Waals surface area contributed by atoms with Gasteiger partial charge in [-0.15, -0.1) is 0 Å². The highest BCUT2D eigenvalue weighted by atomic mass is 32.2. The number of rotatable bonds is 3. The lowest BCUT2D eigenvalue weighted by atomic mass is 9.89. The maximum atomic E-state index is 5.86. The van der Waals surface area contributed by atoms with Gasteiger partial charge in [-0.05, 0) is 26.5 Å². The summed E-state index contributed by atoms with van der Waals surface area (Å²) in [7, 11) is 2.02. The summed E-state index contributed by atoms with van der Waals surface area (Å²) < 4.78 is 11.7. The molecule has 1 spiro atoms. The molecular weight excluding hydrogens is 274 g/mol. The average molecular weight is 295 g/mol. The normalized spacial score (nSPS) is 28.9. The Morgan fingerprint density at radius 2 is 2.20 bits per heavy atom. The lowest BCUT2D eigenvalue weighted by Crippen LogP contribution is -2.48. The van der Waals surface area contributed by atoms with E-state index in [9.17, 15) is 0 Å². The van der Waals surface area contributed by atoms with Gasteiger partial charge in [0, 0.05) is 36.0 Å². The predicted molar refractivity (Wildman–Crippen MR) is 77.7 cm³/mol. The molecule has 20 heavy (non-hydrogen) atoms. The molecule has 2 atom stereocenters. The Kier molecular flexibility index (Phi) is 4.26. The SMILES string of the molecule is CNC1CCC2(CC1Sc1nccc(C)n1)OCCO2. The molecule has 2 aliphatic rings. The van der Waals surface area contributed by atoms with Crippen LogP contribution >= 0.6 is 11.8 Å². The summed E-state index contributed by atoms with van der Waals surface area (Å²) in [5, 5.41) is 4.62. The molecule has 0 radical (unpaired) electrons. The van der Waals surface area contributed by atoms with Crippen molar-refractivity contribution in [1.29, 1.82) is 0 Å². The molecule has 1 aliphatic heterocycles. The Balaban J connectivity index is 1.74. The van der Waals surface area contributed by atoms with Gasteiger partial charge in [0.25, 0.3) is 0 Å². The first-order valence-electron chi connectivity index (χ1n) is 7.12. The van der Waals surface area contributed by atoms with Crippen molar-refractivity contribution < 1.29 is 9.47 Å². The average Bonchev–Trinajstić information content (AvgIpc) is 2.87. The summed E-state index contributed by atoms with van der Waals surface area (Å²) in [5.41, 5.74) is 1.00. The first kappa shape index (κ1) is 14.3. The second-order valence-electron chi connectivity index (χ2n) is 5.38. The zero-order valence-corrected chi connectivity index (χ0v) is 12.8. The minimum absolute atomic E-state index is 0.366. The van der Waals surface area contributed by atoms with Crippen molar-refractivity contribution in [3.8, 4) is 0 Å². The zero-order chi connectivity index (χ0) is 14.0. The van der Waals surface area contributed by atoms with Gasteiger partial charge in [-0.25, -0.2) is 9.97 Å². The van der Waals surface area contributed by atoms with Crippen LogP contribution in [0.1, 0.15) is 25.0 Å². The molecule has 1 aromatic rings. The van der Waals surface area contributed by atoms with Gasteiger partial charge < -0.3 is 14.8 Å². The summed E-state index contributed by atoms with van der Waals surface area (Å²) in [5.74, 6) is -0.366. The lowest BCUT2D eigenvalue weighted by Gasteiger charge is -2.40. The molecule has 1 N–H and O–H groups in total. The minimum Gasteiger partial charge on any atom is -0.347 e. The van der Waals surface area contributed by atoms with Crippen molar-refractivity contribution in [3.63, 3.8) is 0 Å². The second-order valence-corrected chi connectivity index (χ2v) is 6.59. The van der Waals surface area contributed by atoms with E-state index in [0.29, 0.717) is 24.5 Å². The van der Waals surface area contributed by atoms with Crippen molar-refractivity contribution in [2.75, 3.05) is 20.3 Å². The molecule has 2 heterocycles. The Labute approximate surface area is 123 Å². The third-order valence-corrected chi connectivity index (χ3v) is 5.22. The van der Waals surface area contributed by atoms with E-state index in [2.05, 4.69) is 15.3 Å². The first-order valence-corrected chi connectivity index (χ1v) is 8.00. The van der Waals surface area contributed by atoms with Crippen molar-refractivity contribution in [1.82, 2.24) is 15.3 Å². The molecule has 1 saturated carbocycles. The van der Waals surface area contributed by atoms with Gasteiger partial charge in [-0.3, -0.25) is 0 Å². The molecule has 1 saturated heterocycles. The van der Waals surface area contributed by atoms with Crippen LogP contribution in [0, 0.1) is 6.92 Å². The highest BCUT2D eigenvalue weighted by Gasteiger charge is 2.45. The maximum Gasteiger partial charge on any atom is 0.188 e. The van der Waals surface area contributed by atoms with Crippen LogP contribution < -0.4 is 5.32 Å². The smallest absolute Gasteiger partial charge is 0.188 e. The largest absolute Gasteiger partial charge is 0.347 e. The Hall–Kier alpha value is -0.690. The quantitative estimate of drug-likeness (QED) is 0.858. The number of thioether (sulfide) groups is 1. The van der Waals surface area contributed by atoms with Crippen LogP contribution in [0.25, 0.3) is 0 Å². The number of hydrogen-bond donors (Lipinski definition) is 1. The predicted octanol–water partition coefficient (Wildman–Crippen LogP) is 1.76. The molecule has 2 fully saturated rings. The van der Waals surface area contributed by atoms with Crippen LogP contribution in [-0.4, -0.2) is 47.3 Å². The Morgan fingerprint density at radius 3 is 2.90 bits per heavy atom. The Bertz CT molecular complexity index is 465. The highest BCUT2D eigenvalue weighted by Crippen LogP contribution is 2.41. The summed E-state index contributed by atoms with van der Waals surface area (Å²) in [4.78, 5) is 8.85. The number of aromatic nitrogens is 2. The molecule has 1 aromatic heterocycles. The molecule has 0 aromatic carbocycles. The molecular formula is C14H21N3O2S. The van der Waals surface area contributed by atoms with Crippen molar-refractivity contribution >= 4 is 11.8 Å². The number of aryl methyl sites for hydroxylation is 1. The topological polar surface area (TPSA) is 56.3 Å². The van der Waals surface area contributed by atoms with E-state index in [4.69, 9.17) is 9.47 Å². The van der Waals surface area contributed by atoms with E-state index in [1.165, 1.54) is 0 Å².